The molecule has 0 radical (unpaired) electrons. The molecule has 0 aromatic heterocycles. The van der Waals surface area contributed by atoms with Gasteiger partial charge in [-0.05, 0) is 25.7 Å². The number of benzene rings is 2. The molecule has 1 aliphatic carbocycles. The fourth-order valence-electron chi connectivity index (χ4n) is 4.62. The van der Waals surface area contributed by atoms with Crippen LogP contribution in [0.2, 0.25) is 0 Å². The summed E-state index contributed by atoms with van der Waals surface area (Å²) in [4.78, 5) is 25.4. The third-order valence-corrected chi connectivity index (χ3v) is 6.54. The Morgan fingerprint density at radius 2 is 1.06 bits per heavy atom. The third-order valence-electron chi connectivity index (χ3n) is 6.54. The van der Waals surface area contributed by atoms with Crippen LogP contribution in [-0.2, 0) is 22.4 Å². The number of unbranched alkanes of at least 4 members (excludes halogenated alkanes) is 8. The molecule has 0 unspecified atom stereocenters. The predicted octanol–water partition coefficient (Wildman–Crippen LogP) is 8.03. The number of carbonyl (C=O) groups is 2. The van der Waals surface area contributed by atoms with Crippen LogP contribution in [0.25, 0.3) is 10.8 Å². The van der Waals surface area contributed by atoms with Gasteiger partial charge in [0, 0.05) is 34.7 Å². The van der Waals surface area contributed by atoms with Crippen molar-refractivity contribution < 1.29 is 19.1 Å². The lowest BCUT2D eigenvalue weighted by atomic mass is 9.90. The molecule has 1 aliphatic rings. The Hall–Kier alpha value is -2.62. The topological polar surface area (TPSA) is 52.6 Å². The maximum absolute atomic E-state index is 12.7. The summed E-state index contributed by atoms with van der Waals surface area (Å²) < 4.78 is 12.0. The molecule has 184 valence electrons. The molecule has 0 fully saturated rings. The Morgan fingerprint density at radius 3 is 1.47 bits per heavy atom. The molecule has 3 rings (SSSR count). The number of fused-ring (bicyclic) bond motifs is 2. The second kappa shape index (κ2) is 13.9. The molecule has 0 bridgehead atoms. The van der Waals surface area contributed by atoms with E-state index in [9.17, 15) is 9.59 Å². The van der Waals surface area contributed by atoms with Crippen LogP contribution in [0.15, 0.2) is 36.4 Å². The van der Waals surface area contributed by atoms with Crippen molar-refractivity contribution in [3.8, 4) is 11.5 Å². The maximum Gasteiger partial charge on any atom is 0.311 e. The van der Waals surface area contributed by atoms with Crippen molar-refractivity contribution >= 4 is 22.7 Å². The second-order valence-electron chi connectivity index (χ2n) is 9.32. The van der Waals surface area contributed by atoms with E-state index in [1.54, 1.807) is 0 Å². The molecule has 0 spiro atoms. The zero-order valence-electron chi connectivity index (χ0n) is 21.0. The molecule has 0 aliphatic heterocycles. The molecule has 2 aromatic rings. The summed E-state index contributed by atoms with van der Waals surface area (Å²) >= 11 is 0. The minimum Gasteiger partial charge on any atom is -0.426 e. The quantitative estimate of drug-likeness (QED) is 0.123. The highest BCUT2D eigenvalue weighted by Gasteiger charge is 2.24. The fourth-order valence-corrected chi connectivity index (χ4v) is 4.62. The SMILES string of the molecule is CCCCCCCC(=O)Oc1c2c(c(OC(=O)CCCCCCC)c3ccccc13)CC=CC2. The van der Waals surface area contributed by atoms with E-state index in [0.717, 1.165) is 60.4 Å². The van der Waals surface area contributed by atoms with Crippen molar-refractivity contribution in [1.29, 1.82) is 0 Å². The summed E-state index contributed by atoms with van der Waals surface area (Å²) in [6.45, 7) is 4.37. The highest BCUT2D eigenvalue weighted by molar-refractivity contribution is 5.99. The molecule has 0 saturated heterocycles. The fraction of sp³-hybridized carbons (Fsp3) is 0.533. The van der Waals surface area contributed by atoms with Gasteiger partial charge in [-0.1, -0.05) is 102 Å². The first-order chi connectivity index (χ1) is 16.7. The van der Waals surface area contributed by atoms with Gasteiger partial charge in [0.1, 0.15) is 11.5 Å². The van der Waals surface area contributed by atoms with Gasteiger partial charge >= 0.3 is 11.9 Å². The lowest BCUT2D eigenvalue weighted by molar-refractivity contribution is -0.135. The Labute approximate surface area is 204 Å². The van der Waals surface area contributed by atoms with Crippen molar-refractivity contribution in [2.24, 2.45) is 0 Å². The van der Waals surface area contributed by atoms with Gasteiger partial charge in [0.15, 0.2) is 0 Å². The van der Waals surface area contributed by atoms with E-state index < -0.39 is 0 Å². The molecule has 2 aromatic carbocycles. The van der Waals surface area contributed by atoms with Gasteiger partial charge in [-0.3, -0.25) is 9.59 Å². The molecule has 4 nitrogen and oxygen atoms in total. The highest BCUT2D eigenvalue weighted by atomic mass is 16.5. The minimum absolute atomic E-state index is 0.185. The highest BCUT2D eigenvalue weighted by Crippen LogP contribution is 2.43. The van der Waals surface area contributed by atoms with Crippen LogP contribution < -0.4 is 9.47 Å². The summed E-state index contributed by atoms with van der Waals surface area (Å²) in [5.74, 6) is 0.895. The van der Waals surface area contributed by atoms with Crippen LogP contribution in [-0.4, -0.2) is 11.9 Å². The Balaban J connectivity index is 1.80. The Morgan fingerprint density at radius 1 is 0.647 bits per heavy atom. The normalized spacial score (nSPS) is 12.5. The zero-order valence-corrected chi connectivity index (χ0v) is 21.0. The number of esters is 2. The molecule has 0 N–H and O–H groups in total. The van der Waals surface area contributed by atoms with Crippen LogP contribution in [0, 0.1) is 0 Å². The first-order valence-electron chi connectivity index (χ1n) is 13.3. The van der Waals surface area contributed by atoms with Crippen molar-refractivity contribution in [2.75, 3.05) is 0 Å². The molecule has 34 heavy (non-hydrogen) atoms. The lowest BCUT2D eigenvalue weighted by Crippen LogP contribution is -2.15. The standard InChI is InChI=1S/C30H40O4/c1-3-5-7-9-11-21-27(31)33-29-23-17-13-15-19-25(23)30(26-20-16-14-18-24(26)29)34-28(32)22-12-10-8-6-4-2/h13-17,19H,3-12,18,20-22H2,1-2H3. The van der Waals surface area contributed by atoms with Gasteiger partial charge < -0.3 is 9.47 Å². The number of hydrogen-bond acceptors (Lipinski definition) is 4. The summed E-state index contributed by atoms with van der Waals surface area (Å²) in [7, 11) is 0. The number of hydrogen-bond donors (Lipinski definition) is 0. The van der Waals surface area contributed by atoms with E-state index in [4.69, 9.17) is 9.47 Å². The van der Waals surface area contributed by atoms with E-state index in [1.807, 2.05) is 24.3 Å². The summed E-state index contributed by atoms with van der Waals surface area (Å²) in [5.41, 5.74) is 1.93. The number of carbonyl (C=O) groups excluding carboxylic acids is 2. The third kappa shape index (κ3) is 7.19. The molecule has 0 amide bonds. The first kappa shape index (κ1) is 26.0. The molecular formula is C30H40O4. The van der Waals surface area contributed by atoms with Crippen molar-refractivity contribution in [3.05, 3.63) is 47.5 Å². The number of ether oxygens (including phenoxy) is 2. The summed E-state index contributed by atoms with van der Waals surface area (Å²) in [6, 6.07) is 7.80. The van der Waals surface area contributed by atoms with E-state index in [1.165, 1.54) is 25.7 Å². The van der Waals surface area contributed by atoms with E-state index in [0.29, 0.717) is 37.2 Å². The summed E-state index contributed by atoms with van der Waals surface area (Å²) in [6.07, 6.45) is 17.3. The van der Waals surface area contributed by atoms with Crippen molar-refractivity contribution in [1.82, 2.24) is 0 Å². The van der Waals surface area contributed by atoms with Gasteiger partial charge in [-0.15, -0.1) is 0 Å². The van der Waals surface area contributed by atoms with Crippen LogP contribution in [0.1, 0.15) is 102 Å². The maximum atomic E-state index is 12.7. The molecule has 0 heterocycles. The minimum atomic E-state index is -0.185. The lowest BCUT2D eigenvalue weighted by Gasteiger charge is -2.22. The van der Waals surface area contributed by atoms with Gasteiger partial charge in [0.05, 0.1) is 0 Å². The average molecular weight is 465 g/mol. The molecule has 0 atom stereocenters. The van der Waals surface area contributed by atoms with Gasteiger partial charge in [-0.25, -0.2) is 0 Å². The molecule has 0 saturated carbocycles. The Bertz CT molecular complexity index is 910. The second-order valence-corrected chi connectivity index (χ2v) is 9.32. The smallest absolute Gasteiger partial charge is 0.311 e. The molecular weight excluding hydrogens is 424 g/mol. The van der Waals surface area contributed by atoms with Crippen LogP contribution in [0.5, 0.6) is 11.5 Å². The molecule has 4 heteroatoms. The van der Waals surface area contributed by atoms with Gasteiger partial charge in [0.25, 0.3) is 0 Å². The van der Waals surface area contributed by atoms with Crippen LogP contribution >= 0.6 is 0 Å². The Kier molecular flexibility index (Phi) is 10.7. The van der Waals surface area contributed by atoms with Crippen LogP contribution in [0.4, 0.5) is 0 Å². The van der Waals surface area contributed by atoms with E-state index in [-0.39, 0.29) is 11.9 Å². The largest absolute Gasteiger partial charge is 0.426 e. The number of allylic oxidation sites excluding steroid dienone is 2. The van der Waals surface area contributed by atoms with Gasteiger partial charge in [0.2, 0.25) is 0 Å². The van der Waals surface area contributed by atoms with E-state index >= 15 is 0 Å². The van der Waals surface area contributed by atoms with Crippen LogP contribution in [0.3, 0.4) is 0 Å². The zero-order chi connectivity index (χ0) is 24.2. The van der Waals surface area contributed by atoms with Crippen molar-refractivity contribution in [2.45, 2.75) is 104 Å². The monoisotopic (exact) mass is 464 g/mol. The van der Waals surface area contributed by atoms with E-state index in [2.05, 4.69) is 26.0 Å². The van der Waals surface area contributed by atoms with Crippen molar-refractivity contribution in [3.63, 3.8) is 0 Å². The first-order valence-corrected chi connectivity index (χ1v) is 13.3. The number of rotatable bonds is 14. The predicted molar refractivity (Wildman–Crippen MR) is 139 cm³/mol. The average Bonchev–Trinajstić information content (AvgIpc) is 2.85. The summed E-state index contributed by atoms with van der Waals surface area (Å²) in [5, 5.41) is 1.67. The van der Waals surface area contributed by atoms with Gasteiger partial charge in [-0.2, -0.15) is 0 Å².